The molecule has 0 saturated heterocycles. The summed E-state index contributed by atoms with van der Waals surface area (Å²) in [5, 5.41) is 9.31. The number of nitrogens with zero attached hydrogens (tertiary/aromatic N) is 3. The normalized spacial score (nSPS) is 10.8. The van der Waals surface area contributed by atoms with Crippen molar-refractivity contribution in [1.82, 2.24) is 14.8 Å². The predicted octanol–water partition coefficient (Wildman–Crippen LogP) is 4.01. The van der Waals surface area contributed by atoms with E-state index in [1.165, 1.54) is 0 Å². The Labute approximate surface area is 114 Å². The Kier molecular flexibility index (Phi) is 3.92. The lowest BCUT2D eigenvalue weighted by molar-refractivity contribution is 0.731. The third-order valence-electron chi connectivity index (χ3n) is 2.38. The summed E-state index contributed by atoms with van der Waals surface area (Å²) >= 11 is 17.7. The van der Waals surface area contributed by atoms with E-state index in [1.54, 1.807) is 6.07 Å². The van der Waals surface area contributed by atoms with E-state index in [4.69, 9.17) is 34.8 Å². The van der Waals surface area contributed by atoms with Crippen molar-refractivity contribution in [2.75, 3.05) is 0 Å². The zero-order valence-corrected chi connectivity index (χ0v) is 11.4. The molecule has 0 bridgehead atoms. The van der Waals surface area contributed by atoms with Crippen LogP contribution < -0.4 is 0 Å². The molecule has 1 heterocycles. The van der Waals surface area contributed by atoms with Crippen molar-refractivity contribution >= 4 is 34.8 Å². The van der Waals surface area contributed by atoms with Gasteiger partial charge in [0, 0.05) is 22.2 Å². The van der Waals surface area contributed by atoms with Crippen molar-refractivity contribution in [1.29, 1.82) is 0 Å². The summed E-state index contributed by atoms with van der Waals surface area (Å²) < 4.78 is 1.94. The Morgan fingerprint density at radius 2 is 1.76 bits per heavy atom. The topological polar surface area (TPSA) is 30.7 Å². The first-order valence-electron chi connectivity index (χ1n) is 5.10. The molecule has 0 aliphatic heterocycles. The summed E-state index contributed by atoms with van der Waals surface area (Å²) in [6.45, 7) is 2.75. The molecule has 0 N–H and O–H groups in total. The molecule has 0 atom stereocenters. The minimum Gasteiger partial charge on any atom is -0.310 e. The standard InChI is InChI=1S/C11H10Cl3N3/c1-2-17-10(6-12)15-16-11(17)7-3-8(13)5-9(14)4-7/h3-5H,2,6H2,1H3. The van der Waals surface area contributed by atoms with Gasteiger partial charge in [0.15, 0.2) is 5.82 Å². The van der Waals surface area contributed by atoms with Crippen LogP contribution in [0, 0.1) is 0 Å². The molecular formula is C11H10Cl3N3. The number of benzene rings is 1. The third-order valence-corrected chi connectivity index (χ3v) is 3.06. The third kappa shape index (κ3) is 2.57. The summed E-state index contributed by atoms with van der Waals surface area (Å²) in [4.78, 5) is 0. The molecule has 0 aliphatic rings. The number of alkyl halides is 1. The van der Waals surface area contributed by atoms with Gasteiger partial charge in [-0.15, -0.1) is 21.8 Å². The van der Waals surface area contributed by atoms with Crippen LogP contribution in [-0.4, -0.2) is 14.8 Å². The van der Waals surface area contributed by atoms with Gasteiger partial charge in [0.1, 0.15) is 5.82 Å². The summed E-state index contributed by atoms with van der Waals surface area (Å²) in [5.41, 5.74) is 0.841. The van der Waals surface area contributed by atoms with Gasteiger partial charge in [-0.1, -0.05) is 23.2 Å². The summed E-state index contributed by atoms with van der Waals surface area (Å²) in [5.74, 6) is 1.79. The SMILES string of the molecule is CCn1c(CCl)nnc1-c1cc(Cl)cc(Cl)c1. The smallest absolute Gasteiger partial charge is 0.164 e. The number of hydrogen-bond donors (Lipinski definition) is 0. The highest BCUT2D eigenvalue weighted by atomic mass is 35.5. The van der Waals surface area contributed by atoms with Crippen LogP contribution >= 0.6 is 34.8 Å². The zero-order chi connectivity index (χ0) is 12.4. The number of rotatable bonds is 3. The fourth-order valence-electron chi connectivity index (χ4n) is 1.66. The van der Waals surface area contributed by atoms with Crippen LogP contribution in [0.1, 0.15) is 12.7 Å². The lowest BCUT2D eigenvalue weighted by Crippen LogP contribution is -2.01. The first-order valence-corrected chi connectivity index (χ1v) is 6.39. The van der Waals surface area contributed by atoms with E-state index in [0.717, 1.165) is 23.8 Å². The molecule has 1 aromatic heterocycles. The average molecular weight is 291 g/mol. The minimum atomic E-state index is 0.329. The van der Waals surface area contributed by atoms with Gasteiger partial charge in [-0.05, 0) is 25.1 Å². The minimum absolute atomic E-state index is 0.329. The highest BCUT2D eigenvalue weighted by Gasteiger charge is 2.12. The van der Waals surface area contributed by atoms with E-state index >= 15 is 0 Å². The van der Waals surface area contributed by atoms with Crippen molar-refractivity contribution in [3.63, 3.8) is 0 Å². The molecule has 1 aromatic carbocycles. The maximum Gasteiger partial charge on any atom is 0.164 e. The van der Waals surface area contributed by atoms with Crippen LogP contribution in [0.3, 0.4) is 0 Å². The maximum atomic E-state index is 5.97. The first-order chi connectivity index (χ1) is 8.15. The van der Waals surface area contributed by atoms with E-state index in [0.29, 0.717) is 15.9 Å². The fourth-order valence-corrected chi connectivity index (χ4v) is 2.39. The van der Waals surface area contributed by atoms with E-state index < -0.39 is 0 Å². The molecule has 6 heteroatoms. The van der Waals surface area contributed by atoms with Crippen molar-refractivity contribution < 1.29 is 0 Å². The van der Waals surface area contributed by atoms with E-state index in [1.807, 2.05) is 23.6 Å². The molecule has 90 valence electrons. The number of aromatic nitrogens is 3. The molecule has 0 fully saturated rings. The highest BCUT2D eigenvalue weighted by Crippen LogP contribution is 2.26. The molecule has 3 nitrogen and oxygen atoms in total. The maximum absolute atomic E-state index is 5.97. The van der Waals surface area contributed by atoms with Crippen LogP contribution in [-0.2, 0) is 12.4 Å². The second-order valence-corrected chi connectivity index (χ2v) is 4.62. The molecule has 0 aliphatic carbocycles. The Morgan fingerprint density at radius 1 is 1.12 bits per heavy atom. The highest BCUT2D eigenvalue weighted by molar-refractivity contribution is 6.35. The van der Waals surface area contributed by atoms with Gasteiger partial charge in [0.25, 0.3) is 0 Å². The van der Waals surface area contributed by atoms with Crippen molar-refractivity contribution in [2.45, 2.75) is 19.3 Å². The zero-order valence-electron chi connectivity index (χ0n) is 9.12. The van der Waals surface area contributed by atoms with Crippen LogP contribution in [0.5, 0.6) is 0 Å². The average Bonchev–Trinajstić information content (AvgIpc) is 2.70. The molecule has 17 heavy (non-hydrogen) atoms. The van der Waals surface area contributed by atoms with Gasteiger partial charge >= 0.3 is 0 Å². The van der Waals surface area contributed by atoms with Crippen LogP contribution in [0.4, 0.5) is 0 Å². The van der Waals surface area contributed by atoms with Gasteiger partial charge in [0.2, 0.25) is 0 Å². The molecule has 0 saturated carbocycles. The second-order valence-electron chi connectivity index (χ2n) is 3.48. The molecule has 0 radical (unpaired) electrons. The molecule has 2 aromatic rings. The van der Waals surface area contributed by atoms with Crippen LogP contribution in [0.2, 0.25) is 10.0 Å². The van der Waals surface area contributed by atoms with E-state index in [-0.39, 0.29) is 0 Å². The van der Waals surface area contributed by atoms with Crippen molar-refractivity contribution in [2.24, 2.45) is 0 Å². The largest absolute Gasteiger partial charge is 0.310 e. The Morgan fingerprint density at radius 3 is 2.29 bits per heavy atom. The number of hydrogen-bond acceptors (Lipinski definition) is 2. The summed E-state index contributed by atoms with van der Waals surface area (Å²) in [6, 6.07) is 5.30. The molecule has 0 spiro atoms. The Balaban J connectivity index is 2.55. The lowest BCUT2D eigenvalue weighted by Gasteiger charge is -2.06. The van der Waals surface area contributed by atoms with Gasteiger partial charge in [-0.2, -0.15) is 0 Å². The van der Waals surface area contributed by atoms with Crippen LogP contribution in [0.15, 0.2) is 18.2 Å². The summed E-state index contributed by atoms with van der Waals surface area (Å²) in [6.07, 6.45) is 0. The molecule has 0 amide bonds. The Hall–Kier alpha value is -0.770. The van der Waals surface area contributed by atoms with Gasteiger partial charge < -0.3 is 4.57 Å². The quantitative estimate of drug-likeness (QED) is 0.800. The predicted molar refractivity (Wildman–Crippen MR) is 70.7 cm³/mol. The van der Waals surface area contributed by atoms with Crippen molar-refractivity contribution in [3.8, 4) is 11.4 Å². The molecular weight excluding hydrogens is 281 g/mol. The van der Waals surface area contributed by atoms with Gasteiger partial charge in [-0.25, -0.2) is 0 Å². The lowest BCUT2D eigenvalue weighted by atomic mass is 10.2. The van der Waals surface area contributed by atoms with Crippen molar-refractivity contribution in [3.05, 3.63) is 34.1 Å². The van der Waals surface area contributed by atoms with Gasteiger partial charge in [-0.3, -0.25) is 0 Å². The van der Waals surface area contributed by atoms with Crippen LogP contribution in [0.25, 0.3) is 11.4 Å². The molecule has 2 rings (SSSR count). The first kappa shape index (κ1) is 12.7. The number of halogens is 3. The Bertz CT molecular complexity index is 517. The molecule has 0 unspecified atom stereocenters. The monoisotopic (exact) mass is 289 g/mol. The van der Waals surface area contributed by atoms with E-state index in [2.05, 4.69) is 10.2 Å². The van der Waals surface area contributed by atoms with Gasteiger partial charge in [0.05, 0.1) is 5.88 Å². The summed E-state index contributed by atoms with van der Waals surface area (Å²) in [7, 11) is 0. The van der Waals surface area contributed by atoms with E-state index in [9.17, 15) is 0 Å². The second kappa shape index (κ2) is 5.25. The fraction of sp³-hybridized carbons (Fsp3) is 0.273.